The number of amides is 1. The molecule has 0 spiro atoms. The number of carbonyl (C=O) groups is 2. The molecular formula is C18H19N3O4S. The molecule has 1 unspecified atom stereocenters. The van der Waals surface area contributed by atoms with Crippen molar-refractivity contribution >= 4 is 34.3 Å². The summed E-state index contributed by atoms with van der Waals surface area (Å²) in [6.45, 7) is 7.19. The first kappa shape index (κ1) is 18.1. The molecule has 3 heterocycles. The van der Waals surface area contributed by atoms with E-state index < -0.39 is 17.9 Å². The number of hydrogen-bond donors (Lipinski definition) is 1. The number of likely N-dealkylation sites (N-methyl/N-ethyl adjacent to an activating group) is 1. The molecule has 1 atom stereocenters. The second-order valence-corrected chi connectivity index (χ2v) is 7.72. The predicted molar refractivity (Wildman–Crippen MR) is 98.5 cm³/mol. The number of hydrogen-bond acceptors (Lipinski definition) is 6. The molecule has 0 aromatic carbocycles. The molecule has 0 fully saturated rings. The maximum absolute atomic E-state index is 13.0. The Morgan fingerprint density at radius 2 is 1.96 bits per heavy atom. The summed E-state index contributed by atoms with van der Waals surface area (Å²) in [4.78, 5) is 32.2. The van der Waals surface area contributed by atoms with Crippen LogP contribution in [0.15, 0.2) is 16.7 Å². The first-order valence-electron chi connectivity index (χ1n) is 8.05. The molecule has 0 radical (unpaired) electrons. The highest BCUT2D eigenvalue weighted by atomic mass is 32.1. The third kappa shape index (κ3) is 2.96. The third-order valence-corrected chi connectivity index (χ3v) is 5.39. The van der Waals surface area contributed by atoms with Crippen LogP contribution in [-0.4, -0.2) is 45.1 Å². The van der Waals surface area contributed by atoms with Crippen LogP contribution in [0.3, 0.4) is 0 Å². The van der Waals surface area contributed by atoms with Gasteiger partial charge in [-0.25, -0.2) is 9.78 Å². The SMILES string of the molecule is Cc1cc(-c2cc(C(=O)N(C)C(C)C(=O)O)c3c(C)noc3n2)c(C)s1. The molecule has 0 aliphatic heterocycles. The minimum Gasteiger partial charge on any atom is -0.480 e. The zero-order valence-electron chi connectivity index (χ0n) is 15.2. The van der Waals surface area contributed by atoms with Crippen molar-refractivity contribution < 1.29 is 19.2 Å². The fraction of sp³-hybridized carbons (Fsp3) is 0.333. The van der Waals surface area contributed by atoms with Crippen molar-refractivity contribution in [2.24, 2.45) is 0 Å². The van der Waals surface area contributed by atoms with Crippen LogP contribution in [0.1, 0.15) is 32.7 Å². The van der Waals surface area contributed by atoms with E-state index in [2.05, 4.69) is 10.1 Å². The molecule has 7 nitrogen and oxygen atoms in total. The van der Waals surface area contributed by atoms with Crippen molar-refractivity contribution in [2.45, 2.75) is 33.7 Å². The molecule has 1 N–H and O–H groups in total. The number of carboxylic acids is 1. The van der Waals surface area contributed by atoms with Gasteiger partial charge in [0, 0.05) is 22.4 Å². The molecule has 0 saturated heterocycles. The number of carboxylic acid groups (broad SMARTS) is 1. The second-order valence-electron chi connectivity index (χ2n) is 6.26. The van der Waals surface area contributed by atoms with Crippen molar-refractivity contribution in [3.63, 3.8) is 0 Å². The lowest BCUT2D eigenvalue weighted by atomic mass is 10.0. The van der Waals surface area contributed by atoms with Gasteiger partial charge in [-0.05, 0) is 39.8 Å². The van der Waals surface area contributed by atoms with E-state index in [0.717, 1.165) is 15.3 Å². The van der Waals surface area contributed by atoms with Crippen LogP contribution >= 0.6 is 11.3 Å². The summed E-state index contributed by atoms with van der Waals surface area (Å²) in [5, 5.41) is 13.6. The van der Waals surface area contributed by atoms with Gasteiger partial charge in [0.05, 0.1) is 22.3 Å². The Hall–Kier alpha value is -2.74. The highest BCUT2D eigenvalue weighted by Gasteiger charge is 2.27. The van der Waals surface area contributed by atoms with Crippen molar-refractivity contribution in [3.05, 3.63) is 33.1 Å². The lowest BCUT2D eigenvalue weighted by Crippen LogP contribution is -2.40. The molecule has 1 amide bonds. The number of rotatable bonds is 4. The zero-order chi connectivity index (χ0) is 19.2. The summed E-state index contributed by atoms with van der Waals surface area (Å²) < 4.78 is 5.29. The maximum atomic E-state index is 13.0. The zero-order valence-corrected chi connectivity index (χ0v) is 16.0. The number of aryl methyl sites for hydroxylation is 3. The molecule has 0 aliphatic carbocycles. The van der Waals surface area contributed by atoms with Gasteiger partial charge in [-0.15, -0.1) is 11.3 Å². The molecule has 3 rings (SSSR count). The van der Waals surface area contributed by atoms with E-state index in [4.69, 9.17) is 4.52 Å². The van der Waals surface area contributed by atoms with E-state index in [1.54, 1.807) is 24.3 Å². The Balaban J connectivity index is 2.20. The summed E-state index contributed by atoms with van der Waals surface area (Å²) in [7, 11) is 1.47. The Labute approximate surface area is 154 Å². The minimum absolute atomic E-state index is 0.267. The van der Waals surface area contributed by atoms with Crippen molar-refractivity contribution in [1.29, 1.82) is 0 Å². The number of pyridine rings is 1. The van der Waals surface area contributed by atoms with Crippen molar-refractivity contribution in [1.82, 2.24) is 15.0 Å². The standard InChI is InChI=1S/C18H19N3O4S/c1-8-6-12(11(4)26-8)14-7-13(15-9(2)20-25-16(15)19-14)17(22)21(5)10(3)18(23)24/h6-7,10H,1-5H3,(H,23,24). The van der Waals surface area contributed by atoms with E-state index >= 15 is 0 Å². The average Bonchev–Trinajstić information content (AvgIpc) is 3.13. The number of aromatic nitrogens is 2. The smallest absolute Gasteiger partial charge is 0.326 e. The van der Waals surface area contributed by atoms with Crippen LogP contribution in [-0.2, 0) is 4.79 Å². The highest BCUT2D eigenvalue weighted by Crippen LogP contribution is 2.33. The number of thiophene rings is 1. The quantitative estimate of drug-likeness (QED) is 0.753. The fourth-order valence-electron chi connectivity index (χ4n) is 2.82. The summed E-state index contributed by atoms with van der Waals surface area (Å²) in [5.41, 5.74) is 2.67. The number of carbonyl (C=O) groups excluding carboxylic acids is 1. The summed E-state index contributed by atoms with van der Waals surface area (Å²) in [6.07, 6.45) is 0. The highest BCUT2D eigenvalue weighted by molar-refractivity contribution is 7.12. The van der Waals surface area contributed by atoms with Crippen molar-refractivity contribution in [2.75, 3.05) is 7.05 Å². The van der Waals surface area contributed by atoms with Gasteiger partial charge < -0.3 is 14.5 Å². The largest absolute Gasteiger partial charge is 0.480 e. The second kappa shape index (κ2) is 6.53. The molecule has 0 aliphatic rings. The summed E-state index contributed by atoms with van der Waals surface area (Å²) in [6, 6.07) is 2.74. The van der Waals surface area contributed by atoms with Crippen LogP contribution < -0.4 is 0 Å². The predicted octanol–water partition coefficient (Wildman–Crippen LogP) is 3.42. The van der Waals surface area contributed by atoms with Gasteiger partial charge >= 0.3 is 5.97 Å². The van der Waals surface area contributed by atoms with Crippen molar-refractivity contribution in [3.8, 4) is 11.3 Å². The van der Waals surface area contributed by atoms with Gasteiger partial charge in [-0.2, -0.15) is 0 Å². The van der Waals surface area contributed by atoms with Crippen LogP contribution in [0.2, 0.25) is 0 Å². The van der Waals surface area contributed by atoms with E-state index in [9.17, 15) is 14.7 Å². The van der Waals surface area contributed by atoms with Crippen LogP contribution in [0.5, 0.6) is 0 Å². The molecule has 0 bridgehead atoms. The Morgan fingerprint density at radius 3 is 2.54 bits per heavy atom. The van der Waals surface area contributed by atoms with E-state index in [0.29, 0.717) is 22.3 Å². The molecule has 26 heavy (non-hydrogen) atoms. The van der Waals surface area contributed by atoms with Crippen LogP contribution in [0.4, 0.5) is 0 Å². The summed E-state index contributed by atoms with van der Waals surface area (Å²) >= 11 is 1.64. The Morgan fingerprint density at radius 1 is 1.27 bits per heavy atom. The topological polar surface area (TPSA) is 96.5 Å². The fourth-order valence-corrected chi connectivity index (χ4v) is 3.75. The monoisotopic (exact) mass is 373 g/mol. The van der Waals surface area contributed by atoms with Gasteiger partial charge in [0.25, 0.3) is 11.6 Å². The minimum atomic E-state index is -1.07. The summed E-state index contributed by atoms with van der Waals surface area (Å²) in [5.74, 6) is -1.48. The molecule has 136 valence electrons. The van der Waals surface area contributed by atoms with E-state index in [-0.39, 0.29) is 5.71 Å². The van der Waals surface area contributed by atoms with E-state index in [1.165, 1.54) is 18.9 Å². The van der Waals surface area contributed by atoms with Crippen LogP contribution in [0, 0.1) is 20.8 Å². The third-order valence-electron chi connectivity index (χ3n) is 4.42. The first-order valence-corrected chi connectivity index (χ1v) is 8.86. The normalized spacial score (nSPS) is 12.3. The van der Waals surface area contributed by atoms with Gasteiger partial charge in [-0.3, -0.25) is 4.79 Å². The number of aliphatic carboxylic acids is 1. The van der Waals surface area contributed by atoms with Gasteiger partial charge in [0.1, 0.15) is 6.04 Å². The molecule has 0 saturated carbocycles. The van der Waals surface area contributed by atoms with Gasteiger partial charge in [-0.1, -0.05) is 5.16 Å². The lowest BCUT2D eigenvalue weighted by molar-refractivity contribution is -0.141. The van der Waals surface area contributed by atoms with E-state index in [1.807, 2.05) is 19.9 Å². The first-order chi connectivity index (χ1) is 12.2. The molecule has 3 aromatic heterocycles. The molecule has 3 aromatic rings. The Bertz CT molecular complexity index is 1020. The number of nitrogens with zero attached hydrogens (tertiary/aromatic N) is 3. The van der Waals surface area contributed by atoms with Crippen LogP contribution in [0.25, 0.3) is 22.4 Å². The Kier molecular flexibility index (Phi) is 4.53. The molecule has 8 heteroatoms. The molecular weight excluding hydrogens is 354 g/mol. The lowest BCUT2D eigenvalue weighted by Gasteiger charge is -2.22. The maximum Gasteiger partial charge on any atom is 0.326 e. The van der Waals surface area contributed by atoms with Gasteiger partial charge in [0.15, 0.2) is 0 Å². The average molecular weight is 373 g/mol. The number of fused-ring (bicyclic) bond motifs is 1. The van der Waals surface area contributed by atoms with Gasteiger partial charge in [0.2, 0.25) is 0 Å².